The highest BCUT2D eigenvalue weighted by Crippen LogP contribution is 2.21. The second-order valence-corrected chi connectivity index (χ2v) is 11.1. The van der Waals surface area contributed by atoms with Crippen molar-refractivity contribution in [3.8, 4) is 0 Å². The van der Waals surface area contributed by atoms with E-state index in [-0.39, 0.29) is 54.3 Å². The molecule has 1 unspecified atom stereocenters. The van der Waals surface area contributed by atoms with Crippen molar-refractivity contribution in [1.82, 2.24) is 20.4 Å². The maximum absolute atomic E-state index is 13.6. The average molecular weight is 509 g/mol. The molecule has 0 radical (unpaired) electrons. The van der Waals surface area contributed by atoms with E-state index in [1.807, 2.05) is 33.8 Å². The molecule has 8 heteroatoms. The van der Waals surface area contributed by atoms with Gasteiger partial charge in [0.25, 0.3) is 0 Å². The molecule has 3 N–H and O–H groups in total. The van der Waals surface area contributed by atoms with Gasteiger partial charge in [0.15, 0.2) is 0 Å². The molecule has 0 aliphatic carbocycles. The van der Waals surface area contributed by atoms with Crippen LogP contribution in [0.3, 0.4) is 0 Å². The Bertz CT molecular complexity index is 735. The first kappa shape index (κ1) is 32.1. The Hall–Kier alpha value is -1.93. The number of nitrogens with one attached hydrogen (secondary N) is 2. The Labute approximate surface area is 219 Å². The zero-order valence-electron chi connectivity index (χ0n) is 24.0. The van der Waals surface area contributed by atoms with Gasteiger partial charge >= 0.3 is 0 Å². The third-order valence-electron chi connectivity index (χ3n) is 7.12. The first-order valence-electron chi connectivity index (χ1n) is 13.8. The molecule has 8 nitrogen and oxygen atoms in total. The van der Waals surface area contributed by atoms with Gasteiger partial charge in [0.05, 0.1) is 12.1 Å². The van der Waals surface area contributed by atoms with Crippen LogP contribution in [0.15, 0.2) is 11.6 Å². The van der Waals surface area contributed by atoms with Crippen molar-refractivity contribution in [2.45, 2.75) is 111 Å². The molecule has 0 aromatic heterocycles. The number of hydrogen-bond donors (Lipinski definition) is 3. The summed E-state index contributed by atoms with van der Waals surface area (Å²) in [5.41, 5.74) is 0.565. The predicted octanol–water partition coefficient (Wildman–Crippen LogP) is 3.10. The second-order valence-electron chi connectivity index (χ2n) is 11.1. The van der Waals surface area contributed by atoms with E-state index >= 15 is 0 Å². The van der Waals surface area contributed by atoms with E-state index in [9.17, 15) is 14.4 Å². The zero-order chi connectivity index (χ0) is 27.4. The summed E-state index contributed by atoms with van der Waals surface area (Å²) in [5.74, 6) is -0.343. The Morgan fingerprint density at radius 1 is 1.03 bits per heavy atom. The van der Waals surface area contributed by atoms with Crippen LogP contribution in [0.25, 0.3) is 0 Å². The number of piperidine rings is 1. The molecule has 36 heavy (non-hydrogen) atoms. The number of unbranched alkanes of at least 4 members (excludes halogenated alkanes) is 2. The molecule has 3 atom stereocenters. The van der Waals surface area contributed by atoms with Crippen molar-refractivity contribution in [2.24, 2.45) is 11.8 Å². The lowest BCUT2D eigenvalue weighted by atomic mass is 9.95. The van der Waals surface area contributed by atoms with Gasteiger partial charge in [-0.05, 0) is 71.3 Å². The van der Waals surface area contributed by atoms with Gasteiger partial charge < -0.3 is 20.6 Å². The molecular weight excluding hydrogens is 456 g/mol. The summed E-state index contributed by atoms with van der Waals surface area (Å²) >= 11 is 0. The van der Waals surface area contributed by atoms with Crippen LogP contribution in [0.2, 0.25) is 0 Å². The van der Waals surface area contributed by atoms with Gasteiger partial charge in [-0.1, -0.05) is 40.2 Å². The van der Waals surface area contributed by atoms with Gasteiger partial charge in [-0.15, -0.1) is 0 Å². The van der Waals surface area contributed by atoms with Gasteiger partial charge in [-0.2, -0.15) is 0 Å². The Kier molecular flexibility index (Phi) is 14.3. The van der Waals surface area contributed by atoms with E-state index in [0.717, 1.165) is 45.1 Å². The third kappa shape index (κ3) is 9.85. The Morgan fingerprint density at radius 2 is 1.69 bits per heavy atom. The van der Waals surface area contributed by atoms with E-state index in [4.69, 9.17) is 5.11 Å². The van der Waals surface area contributed by atoms with Crippen molar-refractivity contribution in [3.05, 3.63) is 11.6 Å². The molecule has 1 aliphatic heterocycles. The van der Waals surface area contributed by atoms with Crippen molar-refractivity contribution >= 4 is 17.7 Å². The lowest BCUT2D eigenvalue weighted by Crippen LogP contribution is -2.58. The minimum atomic E-state index is -0.631. The number of aliphatic hydroxyl groups is 1. The smallest absolute Gasteiger partial charge is 0.246 e. The third-order valence-corrected chi connectivity index (χ3v) is 7.12. The summed E-state index contributed by atoms with van der Waals surface area (Å²) < 4.78 is 0. The minimum absolute atomic E-state index is 0.0694. The first-order valence-corrected chi connectivity index (χ1v) is 13.8. The summed E-state index contributed by atoms with van der Waals surface area (Å²) in [5, 5.41) is 14.9. The van der Waals surface area contributed by atoms with Crippen molar-refractivity contribution in [1.29, 1.82) is 0 Å². The lowest BCUT2D eigenvalue weighted by Gasteiger charge is -2.39. The van der Waals surface area contributed by atoms with Crippen molar-refractivity contribution in [2.75, 3.05) is 26.7 Å². The standard InChI is InChI=1S/C28H52N4O4/c1-19(2)24(18-22(7)26(34)29-15-11-9-13-17-33)31(8)28(36)25(20(3)4)30-27(35)23-14-10-12-16-32(23)21(5)6/h18-21,23-25,33H,9-17H2,1-8H3,(H,29,34)(H,30,35)/b22-18+/t23-,24-,25?/m1/s1. The van der Waals surface area contributed by atoms with Gasteiger partial charge in [-0.3, -0.25) is 19.3 Å². The van der Waals surface area contributed by atoms with E-state index in [1.165, 1.54) is 0 Å². The summed E-state index contributed by atoms with van der Waals surface area (Å²) in [6.45, 7) is 15.6. The van der Waals surface area contributed by atoms with Crippen LogP contribution in [0.4, 0.5) is 0 Å². The monoisotopic (exact) mass is 508 g/mol. The number of carbonyl (C=O) groups is 3. The van der Waals surface area contributed by atoms with Crippen molar-refractivity contribution < 1.29 is 19.5 Å². The molecule has 1 rings (SSSR count). The van der Waals surface area contributed by atoms with E-state index in [2.05, 4.69) is 29.4 Å². The molecule has 0 spiro atoms. The number of likely N-dealkylation sites (N-methyl/N-ethyl adjacent to an activating group) is 1. The fourth-order valence-electron chi connectivity index (χ4n) is 4.82. The second kappa shape index (κ2) is 16.0. The van der Waals surface area contributed by atoms with Gasteiger partial charge in [0, 0.05) is 31.8 Å². The highest BCUT2D eigenvalue weighted by Gasteiger charge is 2.35. The minimum Gasteiger partial charge on any atom is -0.396 e. The molecule has 208 valence electrons. The number of aliphatic hydroxyl groups excluding tert-OH is 1. The molecule has 0 bridgehead atoms. The molecule has 1 aliphatic rings. The van der Waals surface area contributed by atoms with E-state index < -0.39 is 6.04 Å². The van der Waals surface area contributed by atoms with Crippen LogP contribution in [0, 0.1) is 11.8 Å². The molecule has 1 saturated heterocycles. The van der Waals surface area contributed by atoms with Crippen LogP contribution >= 0.6 is 0 Å². The molecule has 3 amide bonds. The largest absolute Gasteiger partial charge is 0.396 e. The Morgan fingerprint density at radius 3 is 2.25 bits per heavy atom. The highest BCUT2D eigenvalue weighted by molar-refractivity contribution is 5.93. The maximum atomic E-state index is 13.6. The first-order chi connectivity index (χ1) is 16.9. The zero-order valence-corrected chi connectivity index (χ0v) is 24.0. The molecular formula is C28H52N4O4. The molecule has 0 saturated carbocycles. The van der Waals surface area contributed by atoms with Gasteiger partial charge in [-0.25, -0.2) is 0 Å². The highest BCUT2D eigenvalue weighted by atomic mass is 16.3. The summed E-state index contributed by atoms with van der Waals surface area (Å²) in [6.07, 6.45) is 7.19. The summed E-state index contributed by atoms with van der Waals surface area (Å²) in [7, 11) is 1.76. The summed E-state index contributed by atoms with van der Waals surface area (Å²) in [6, 6.07) is -0.843. The number of likely N-dealkylation sites (tertiary alicyclic amines) is 1. The predicted molar refractivity (Wildman–Crippen MR) is 145 cm³/mol. The number of rotatable bonds is 14. The summed E-state index contributed by atoms with van der Waals surface area (Å²) in [4.78, 5) is 43.4. The van der Waals surface area contributed by atoms with E-state index in [1.54, 1.807) is 18.9 Å². The normalized spacial score (nSPS) is 18.9. The molecule has 1 fully saturated rings. The number of carbonyl (C=O) groups excluding carboxylic acids is 3. The SMILES string of the molecule is C/C(=C\[C@H](C(C)C)N(C)C(=O)C(NC(=O)[C@H]1CCCCN1C(C)C)C(C)C)C(=O)NCCCCCO. The van der Waals surface area contributed by atoms with Crippen molar-refractivity contribution in [3.63, 3.8) is 0 Å². The number of hydrogen-bond acceptors (Lipinski definition) is 5. The molecule has 0 aromatic rings. The van der Waals surface area contributed by atoms with Gasteiger partial charge in [0.2, 0.25) is 17.7 Å². The lowest BCUT2D eigenvalue weighted by molar-refractivity contribution is -0.140. The quantitative estimate of drug-likeness (QED) is 0.247. The average Bonchev–Trinajstić information content (AvgIpc) is 2.83. The number of nitrogens with zero attached hydrogens (tertiary/aromatic N) is 2. The molecule has 1 heterocycles. The fourth-order valence-corrected chi connectivity index (χ4v) is 4.82. The van der Waals surface area contributed by atoms with Crippen LogP contribution in [0.1, 0.15) is 87.0 Å². The van der Waals surface area contributed by atoms with E-state index in [0.29, 0.717) is 12.1 Å². The number of amides is 3. The fraction of sp³-hybridized carbons (Fsp3) is 0.821. The topological polar surface area (TPSA) is 102 Å². The van der Waals surface area contributed by atoms with Crippen LogP contribution in [-0.4, -0.2) is 83.5 Å². The van der Waals surface area contributed by atoms with Crippen LogP contribution in [-0.2, 0) is 14.4 Å². The maximum Gasteiger partial charge on any atom is 0.246 e. The molecule has 0 aromatic carbocycles. The Balaban J connectivity index is 2.94. The van der Waals surface area contributed by atoms with Crippen LogP contribution < -0.4 is 10.6 Å². The van der Waals surface area contributed by atoms with Crippen LogP contribution in [0.5, 0.6) is 0 Å². The van der Waals surface area contributed by atoms with Gasteiger partial charge in [0.1, 0.15) is 6.04 Å².